The molecule has 0 fully saturated rings. The number of halogens is 2. The third-order valence-electron chi connectivity index (χ3n) is 2.12. The fourth-order valence-electron chi connectivity index (χ4n) is 1.34. The van der Waals surface area contributed by atoms with Gasteiger partial charge in [0.1, 0.15) is 0 Å². The van der Waals surface area contributed by atoms with Crippen molar-refractivity contribution in [2.75, 3.05) is 5.32 Å². The van der Waals surface area contributed by atoms with Crippen LogP contribution in [0.3, 0.4) is 0 Å². The van der Waals surface area contributed by atoms with Gasteiger partial charge in [-0.3, -0.25) is 0 Å². The number of rotatable bonds is 4. The van der Waals surface area contributed by atoms with Crippen molar-refractivity contribution in [3.8, 4) is 0 Å². The van der Waals surface area contributed by atoms with E-state index in [1.54, 1.807) is 18.2 Å². The van der Waals surface area contributed by atoms with Gasteiger partial charge in [0.2, 0.25) is 11.8 Å². The Balaban J connectivity index is 2.01. The van der Waals surface area contributed by atoms with Crippen LogP contribution in [0, 0.1) is 0 Å². The van der Waals surface area contributed by atoms with Gasteiger partial charge in [-0.05, 0) is 18.2 Å². The highest BCUT2D eigenvalue weighted by molar-refractivity contribution is 6.35. The fraction of sp³-hybridized carbons (Fsp3) is 0.273. The lowest BCUT2D eigenvalue weighted by Crippen LogP contribution is -1.99. The zero-order chi connectivity index (χ0) is 12.3. The highest BCUT2D eigenvalue weighted by atomic mass is 35.5. The van der Waals surface area contributed by atoms with Gasteiger partial charge in [0.25, 0.3) is 0 Å². The Hall–Kier alpha value is -1.26. The van der Waals surface area contributed by atoms with Gasteiger partial charge in [-0.1, -0.05) is 30.1 Å². The molecule has 0 atom stereocenters. The Morgan fingerprint density at radius 2 is 1.76 bits per heavy atom. The molecule has 0 bridgehead atoms. The maximum atomic E-state index is 5.88. The van der Waals surface area contributed by atoms with Crippen molar-refractivity contribution >= 4 is 28.9 Å². The van der Waals surface area contributed by atoms with Gasteiger partial charge in [-0.15, -0.1) is 10.2 Å². The molecule has 6 heteroatoms. The van der Waals surface area contributed by atoms with Crippen molar-refractivity contribution in [3.63, 3.8) is 0 Å². The van der Waals surface area contributed by atoms with Crippen molar-refractivity contribution in [1.29, 1.82) is 0 Å². The summed E-state index contributed by atoms with van der Waals surface area (Å²) >= 11 is 11.8. The molecule has 1 N–H and O–H groups in total. The summed E-state index contributed by atoms with van der Waals surface area (Å²) in [6.07, 6.45) is 0.732. The summed E-state index contributed by atoms with van der Waals surface area (Å²) in [4.78, 5) is 0. The van der Waals surface area contributed by atoms with Crippen LogP contribution in [0.2, 0.25) is 10.0 Å². The molecule has 0 spiro atoms. The molecule has 90 valence electrons. The van der Waals surface area contributed by atoms with Gasteiger partial charge in [0.05, 0.1) is 6.54 Å². The fourth-order valence-corrected chi connectivity index (χ4v) is 1.86. The first-order valence-electron chi connectivity index (χ1n) is 5.18. The second kappa shape index (κ2) is 5.38. The Kier molecular flexibility index (Phi) is 3.86. The lowest BCUT2D eigenvalue weighted by Gasteiger charge is -2.04. The minimum absolute atomic E-state index is 0.448. The van der Waals surface area contributed by atoms with E-state index < -0.39 is 0 Å². The van der Waals surface area contributed by atoms with E-state index in [-0.39, 0.29) is 0 Å². The molecule has 1 heterocycles. The van der Waals surface area contributed by atoms with Crippen molar-refractivity contribution in [3.05, 3.63) is 40.0 Å². The van der Waals surface area contributed by atoms with Gasteiger partial charge in [0, 0.05) is 22.2 Å². The smallest absolute Gasteiger partial charge is 0.235 e. The molecule has 1 aromatic heterocycles. The molecule has 0 amide bonds. The Labute approximate surface area is 109 Å². The van der Waals surface area contributed by atoms with E-state index in [1.807, 2.05) is 6.92 Å². The highest BCUT2D eigenvalue weighted by Crippen LogP contribution is 2.22. The van der Waals surface area contributed by atoms with Crippen LogP contribution in [-0.2, 0) is 13.0 Å². The van der Waals surface area contributed by atoms with Crippen LogP contribution >= 0.6 is 23.2 Å². The Bertz CT molecular complexity index is 493. The second-order valence-electron chi connectivity index (χ2n) is 3.45. The SMILES string of the molecule is CCc1nnc(CNc2cc(Cl)cc(Cl)c2)o1. The van der Waals surface area contributed by atoms with E-state index >= 15 is 0 Å². The molecule has 0 aliphatic heterocycles. The molecule has 0 saturated carbocycles. The number of hydrogen-bond donors (Lipinski definition) is 1. The van der Waals surface area contributed by atoms with Gasteiger partial charge < -0.3 is 9.73 Å². The summed E-state index contributed by atoms with van der Waals surface area (Å²) in [5, 5.41) is 12.1. The van der Waals surface area contributed by atoms with Crippen molar-refractivity contribution in [1.82, 2.24) is 10.2 Å². The second-order valence-corrected chi connectivity index (χ2v) is 4.33. The minimum Gasteiger partial charge on any atom is -0.423 e. The third-order valence-corrected chi connectivity index (χ3v) is 2.55. The Morgan fingerprint density at radius 3 is 2.35 bits per heavy atom. The van der Waals surface area contributed by atoms with Gasteiger partial charge in [0.15, 0.2) is 0 Å². The molecule has 0 saturated heterocycles. The molecule has 2 aromatic rings. The first-order valence-corrected chi connectivity index (χ1v) is 5.94. The van der Waals surface area contributed by atoms with Crippen LogP contribution < -0.4 is 5.32 Å². The van der Waals surface area contributed by atoms with E-state index in [0.717, 1.165) is 12.1 Å². The monoisotopic (exact) mass is 271 g/mol. The van der Waals surface area contributed by atoms with E-state index in [9.17, 15) is 0 Å². The highest BCUT2D eigenvalue weighted by Gasteiger charge is 2.04. The molecule has 17 heavy (non-hydrogen) atoms. The standard InChI is InChI=1S/C11H11Cl2N3O/c1-2-10-15-16-11(17-10)6-14-9-4-7(12)3-8(13)5-9/h3-5,14H,2,6H2,1H3. The summed E-state index contributed by atoms with van der Waals surface area (Å²) in [5.41, 5.74) is 0.818. The number of benzene rings is 1. The topological polar surface area (TPSA) is 51.0 Å². The van der Waals surface area contributed by atoms with E-state index in [0.29, 0.717) is 28.4 Å². The van der Waals surface area contributed by atoms with Crippen LogP contribution in [0.4, 0.5) is 5.69 Å². The van der Waals surface area contributed by atoms with Crippen LogP contribution in [0.1, 0.15) is 18.7 Å². The quantitative estimate of drug-likeness (QED) is 0.924. The molecule has 4 nitrogen and oxygen atoms in total. The minimum atomic E-state index is 0.448. The number of hydrogen-bond acceptors (Lipinski definition) is 4. The number of nitrogens with one attached hydrogen (secondary N) is 1. The summed E-state index contributed by atoms with van der Waals surface area (Å²) in [6, 6.07) is 5.24. The molecule has 2 rings (SSSR count). The predicted molar refractivity (Wildman–Crippen MR) is 67.5 cm³/mol. The third kappa shape index (κ3) is 3.35. The number of anilines is 1. The molecule has 0 radical (unpaired) electrons. The normalized spacial score (nSPS) is 10.5. The number of nitrogens with zero attached hydrogens (tertiary/aromatic N) is 2. The zero-order valence-corrected chi connectivity index (χ0v) is 10.7. The van der Waals surface area contributed by atoms with Crippen LogP contribution in [-0.4, -0.2) is 10.2 Å². The molecule has 1 aromatic carbocycles. The molecule has 0 unspecified atom stereocenters. The van der Waals surface area contributed by atoms with E-state index in [1.165, 1.54) is 0 Å². The Morgan fingerprint density at radius 1 is 1.12 bits per heavy atom. The lowest BCUT2D eigenvalue weighted by atomic mass is 10.3. The first-order chi connectivity index (χ1) is 8.17. The summed E-state index contributed by atoms with van der Waals surface area (Å²) in [6.45, 7) is 2.41. The van der Waals surface area contributed by atoms with Gasteiger partial charge in [-0.25, -0.2) is 0 Å². The first kappa shape index (κ1) is 12.2. The van der Waals surface area contributed by atoms with Crippen LogP contribution in [0.15, 0.2) is 22.6 Å². The van der Waals surface area contributed by atoms with Crippen molar-refractivity contribution in [2.45, 2.75) is 19.9 Å². The molecular formula is C11H11Cl2N3O. The predicted octanol–water partition coefficient (Wildman–Crippen LogP) is 3.55. The maximum Gasteiger partial charge on any atom is 0.235 e. The van der Waals surface area contributed by atoms with E-state index in [2.05, 4.69) is 15.5 Å². The largest absolute Gasteiger partial charge is 0.423 e. The lowest BCUT2D eigenvalue weighted by molar-refractivity contribution is 0.460. The average molecular weight is 272 g/mol. The molecule has 0 aliphatic rings. The maximum absolute atomic E-state index is 5.88. The summed E-state index contributed by atoms with van der Waals surface area (Å²) < 4.78 is 5.36. The van der Waals surface area contributed by atoms with Crippen LogP contribution in [0.5, 0.6) is 0 Å². The average Bonchev–Trinajstić information content (AvgIpc) is 2.73. The van der Waals surface area contributed by atoms with Crippen LogP contribution in [0.25, 0.3) is 0 Å². The molecular weight excluding hydrogens is 261 g/mol. The summed E-state index contributed by atoms with van der Waals surface area (Å²) in [5.74, 6) is 1.17. The summed E-state index contributed by atoms with van der Waals surface area (Å²) in [7, 11) is 0. The number of aromatic nitrogens is 2. The van der Waals surface area contributed by atoms with E-state index in [4.69, 9.17) is 27.6 Å². The van der Waals surface area contributed by atoms with Gasteiger partial charge in [-0.2, -0.15) is 0 Å². The number of aryl methyl sites for hydroxylation is 1. The van der Waals surface area contributed by atoms with Crippen molar-refractivity contribution < 1.29 is 4.42 Å². The van der Waals surface area contributed by atoms with Gasteiger partial charge >= 0.3 is 0 Å². The molecule has 0 aliphatic carbocycles. The van der Waals surface area contributed by atoms with Crippen molar-refractivity contribution in [2.24, 2.45) is 0 Å². The zero-order valence-electron chi connectivity index (χ0n) is 9.20.